The molecule has 8 heteroatoms. The Morgan fingerprint density at radius 1 is 1.07 bits per heavy atom. The van der Waals surface area contributed by atoms with Crippen LogP contribution in [-0.2, 0) is 4.79 Å². The third-order valence-corrected chi connectivity index (χ3v) is 4.68. The number of anilines is 1. The molecule has 1 unspecified atom stereocenters. The van der Waals surface area contributed by atoms with Gasteiger partial charge in [-0.05, 0) is 55.8 Å². The summed E-state index contributed by atoms with van der Waals surface area (Å²) in [6.07, 6.45) is 0. The van der Waals surface area contributed by atoms with Crippen molar-refractivity contribution >= 4 is 17.6 Å². The number of carbonyl (C=O) groups is 2. The molecule has 1 atom stereocenters. The van der Waals surface area contributed by atoms with E-state index in [4.69, 9.17) is 14.2 Å². The highest BCUT2D eigenvalue weighted by atomic mass is 16.5. The highest BCUT2D eigenvalue weighted by Gasteiger charge is 2.31. The van der Waals surface area contributed by atoms with E-state index >= 15 is 0 Å². The summed E-state index contributed by atoms with van der Waals surface area (Å²) < 4.78 is 16.1. The lowest BCUT2D eigenvalue weighted by Crippen LogP contribution is -2.45. The van der Waals surface area contributed by atoms with Crippen LogP contribution in [0, 0.1) is 0 Å². The number of urea groups is 1. The van der Waals surface area contributed by atoms with Gasteiger partial charge in [0, 0.05) is 11.4 Å². The Labute approximate surface area is 175 Å². The van der Waals surface area contributed by atoms with E-state index in [0.717, 1.165) is 0 Å². The Balaban J connectivity index is 1.93. The molecular formula is C22H25N3O5. The topological polar surface area (TPSA) is 97.9 Å². The minimum atomic E-state index is -0.651. The molecule has 0 saturated carbocycles. The van der Waals surface area contributed by atoms with Crippen molar-refractivity contribution in [3.05, 3.63) is 59.3 Å². The molecule has 2 aromatic rings. The molecule has 0 aliphatic carbocycles. The van der Waals surface area contributed by atoms with E-state index in [0.29, 0.717) is 46.4 Å². The van der Waals surface area contributed by atoms with Crippen molar-refractivity contribution < 1.29 is 23.8 Å². The second kappa shape index (κ2) is 9.21. The molecule has 8 nitrogen and oxygen atoms in total. The summed E-state index contributed by atoms with van der Waals surface area (Å²) in [7, 11) is 3.12. The zero-order valence-corrected chi connectivity index (χ0v) is 17.4. The smallest absolute Gasteiger partial charge is 0.319 e. The number of benzene rings is 2. The highest BCUT2D eigenvalue weighted by molar-refractivity contribution is 6.06. The van der Waals surface area contributed by atoms with E-state index in [1.165, 1.54) is 0 Å². The summed E-state index contributed by atoms with van der Waals surface area (Å²) >= 11 is 0. The van der Waals surface area contributed by atoms with E-state index in [2.05, 4.69) is 16.0 Å². The van der Waals surface area contributed by atoms with Crippen molar-refractivity contribution in [2.75, 3.05) is 26.1 Å². The fourth-order valence-electron chi connectivity index (χ4n) is 3.26. The van der Waals surface area contributed by atoms with Gasteiger partial charge >= 0.3 is 6.03 Å². The Morgan fingerprint density at radius 2 is 1.80 bits per heavy atom. The first-order valence-corrected chi connectivity index (χ1v) is 9.51. The molecule has 0 fully saturated rings. The van der Waals surface area contributed by atoms with Crippen LogP contribution in [0.25, 0.3) is 0 Å². The van der Waals surface area contributed by atoms with Crippen LogP contribution in [0.4, 0.5) is 10.5 Å². The third kappa shape index (κ3) is 4.48. The lowest BCUT2D eigenvalue weighted by Gasteiger charge is -2.29. The normalized spacial score (nSPS) is 15.7. The Hall–Kier alpha value is -3.68. The zero-order valence-electron chi connectivity index (χ0n) is 17.4. The second-order valence-electron chi connectivity index (χ2n) is 6.60. The summed E-state index contributed by atoms with van der Waals surface area (Å²) in [4.78, 5) is 25.2. The van der Waals surface area contributed by atoms with Crippen LogP contribution < -0.4 is 30.2 Å². The van der Waals surface area contributed by atoms with Crippen LogP contribution in [-0.4, -0.2) is 32.8 Å². The number of ether oxygens (including phenoxy) is 3. The van der Waals surface area contributed by atoms with Crippen molar-refractivity contribution in [2.45, 2.75) is 19.9 Å². The van der Waals surface area contributed by atoms with Crippen molar-refractivity contribution in [2.24, 2.45) is 0 Å². The molecule has 0 bridgehead atoms. The molecule has 0 aromatic heterocycles. The van der Waals surface area contributed by atoms with E-state index < -0.39 is 6.04 Å². The Morgan fingerprint density at radius 3 is 2.43 bits per heavy atom. The monoisotopic (exact) mass is 411 g/mol. The predicted octanol–water partition coefficient (Wildman–Crippen LogP) is 3.37. The number of amides is 3. The zero-order chi connectivity index (χ0) is 21.7. The molecule has 3 amide bonds. The number of allylic oxidation sites excluding steroid dienone is 1. The highest BCUT2D eigenvalue weighted by Crippen LogP contribution is 2.34. The summed E-state index contributed by atoms with van der Waals surface area (Å²) in [6.45, 7) is 4.07. The van der Waals surface area contributed by atoms with Crippen LogP contribution in [0.5, 0.6) is 17.2 Å². The van der Waals surface area contributed by atoms with E-state index in [1.807, 2.05) is 6.92 Å². The molecular weight excluding hydrogens is 386 g/mol. The van der Waals surface area contributed by atoms with Gasteiger partial charge in [0.1, 0.15) is 5.75 Å². The number of rotatable bonds is 7. The van der Waals surface area contributed by atoms with Gasteiger partial charge in [-0.2, -0.15) is 0 Å². The van der Waals surface area contributed by atoms with Gasteiger partial charge < -0.3 is 30.2 Å². The Kier molecular flexibility index (Phi) is 6.46. The SMILES string of the molecule is CCOc1ccc(C2NC(=O)NC(C)=C2C(=O)Nc2ccc(OC)cc2)cc1OC. The summed E-state index contributed by atoms with van der Waals surface area (Å²) in [6, 6.07) is 11.3. The van der Waals surface area contributed by atoms with Crippen LogP contribution in [0.15, 0.2) is 53.7 Å². The third-order valence-electron chi connectivity index (χ3n) is 4.68. The fraction of sp³-hybridized carbons (Fsp3) is 0.273. The molecule has 1 heterocycles. The minimum absolute atomic E-state index is 0.331. The van der Waals surface area contributed by atoms with Crippen molar-refractivity contribution in [1.82, 2.24) is 10.6 Å². The average molecular weight is 411 g/mol. The number of hydrogen-bond acceptors (Lipinski definition) is 5. The van der Waals surface area contributed by atoms with Crippen LogP contribution in [0.1, 0.15) is 25.5 Å². The lowest BCUT2D eigenvalue weighted by molar-refractivity contribution is -0.113. The van der Waals surface area contributed by atoms with Gasteiger partial charge in [0.25, 0.3) is 5.91 Å². The van der Waals surface area contributed by atoms with Crippen LogP contribution in [0.2, 0.25) is 0 Å². The summed E-state index contributed by atoms with van der Waals surface area (Å²) in [5.41, 5.74) is 2.18. The van der Waals surface area contributed by atoms with Gasteiger partial charge in [-0.15, -0.1) is 0 Å². The largest absolute Gasteiger partial charge is 0.497 e. The van der Waals surface area contributed by atoms with Crippen molar-refractivity contribution in [3.63, 3.8) is 0 Å². The second-order valence-corrected chi connectivity index (χ2v) is 6.60. The molecule has 3 N–H and O–H groups in total. The summed E-state index contributed by atoms with van der Waals surface area (Å²) in [5.74, 6) is 1.47. The van der Waals surface area contributed by atoms with Gasteiger partial charge in [-0.25, -0.2) is 4.79 Å². The fourth-order valence-corrected chi connectivity index (χ4v) is 3.26. The van der Waals surface area contributed by atoms with Gasteiger partial charge in [0.05, 0.1) is 32.4 Å². The first-order valence-electron chi connectivity index (χ1n) is 9.51. The Bertz CT molecular complexity index is 969. The molecule has 3 rings (SSSR count). The van der Waals surface area contributed by atoms with Gasteiger partial charge in [-0.3, -0.25) is 4.79 Å². The molecule has 1 aliphatic heterocycles. The molecule has 30 heavy (non-hydrogen) atoms. The van der Waals surface area contributed by atoms with Gasteiger partial charge in [0.2, 0.25) is 0 Å². The quantitative estimate of drug-likeness (QED) is 0.649. The number of methoxy groups -OCH3 is 2. The first-order chi connectivity index (χ1) is 14.5. The first kappa shape index (κ1) is 21.0. The maximum Gasteiger partial charge on any atom is 0.319 e. The number of nitrogens with one attached hydrogen (secondary N) is 3. The molecule has 2 aromatic carbocycles. The standard InChI is InChI=1S/C22H25N3O5/c1-5-30-17-11-6-14(12-18(17)29-4)20-19(13(2)23-22(27)25-20)21(26)24-15-7-9-16(28-3)10-8-15/h6-12,20H,5H2,1-4H3,(H,24,26)(H2,23,25,27). The molecule has 0 saturated heterocycles. The molecule has 1 aliphatic rings. The van der Waals surface area contributed by atoms with Crippen molar-refractivity contribution in [1.29, 1.82) is 0 Å². The van der Waals surface area contributed by atoms with Crippen molar-refractivity contribution in [3.8, 4) is 17.2 Å². The number of carbonyl (C=O) groups excluding carboxylic acids is 2. The summed E-state index contributed by atoms with van der Waals surface area (Å²) in [5, 5.41) is 8.35. The predicted molar refractivity (Wildman–Crippen MR) is 113 cm³/mol. The number of hydrogen-bond donors (Lipinski definition) is 3. The van der Waals surface area contributed by atoms with E-state index in [9.17, 15) is 9.59 Å². The van der Waals surface area contributed by atoms with E-state index in [-0.39, 0.29) is 11.9 Å². The lowest BCUT2D eigenvalue weighted by atomic mass is 9.94. The average Bonchev–Trinajstić information content (AvgIpc) is 2.74. The van der Waals surface area contributed by atoms with Crippen LogP contribution in [0.3, 0.4) is 0 Å². The maximum atomic E-state index is 13.1. The minimum Gasteiger partial charge on any atom is -0.497 e. The molecule has 0 radical (unpaired) electrons. The van der Waals surface area contributed by atoms with Gasteiger partial charge in [-0.1, -0.05) is 6.07 Å². The van der Waals surface area contributed by atoms with Gasteiger partial charge in [0.15, 0.2) is 11.5 Å². The van der Waals surface area contributed by atoms with E-state index in [1.54, 1.807) is 63.6 Å². The van der Waals surface area contributed by atoms with Crippen LogP contribution >= 0.6 is 0 Å². The maximum absolute atomic E-state index is 13.1. The molecule has 158 valence electrons. The molecule has 0 spiro atoms.